The first-order valence-electron chi connectivity index (χ1n) is 6.85. The third kappa shape index (κ3) is 4.51. The number of rotatable bonds is 6. The Hall–Kier alpha value is -2.51. The lowest BCUT2D eigenvalue weighted by Crippen LogP contribution is -2.38. The fourth-order valence-electron chi connectivity index (χ4n) is 1.90. The van der Waals surface area contributed by atoms with Crippen LogP contribution in [0.5, 0.6) is 0 Å². The summed E-state index contributed by atoms with van der Waals surface area (Å²) >= 11 is 0. The van der Waals surface area contributed by atoms with Crippen molar-refractivity contribution in [1.29, 1.82) is 0 Å². The third-order valence-electron chi connectivity index (χ3n) is 3.00. The normalized spacial score (nSPS) is 11.7. The molecule has 0 saturated carbocycles. The molecule has 0 amide bonds. The van der Waals surface area contributed by atoms with Crippen molar-refractivity contribution in [3.05, 3.63) is 48.3 Å². The van der Waals surface area contributed by atoms with Gasteiger partial charge in [0.25, 0.3) is 0 Å². The maximum absolute atomic E-state index is 12.7. The highest BCUT2D eigenvalue weighted by Gasteiger charge is 2.11. The monoisotopic (exact) mass is 308 g/mol. The van der Waals surface area contributed by atoms with Gasteiger partial charge in [0.05, 0.1) is 6.54 Å². The lowest BCUT2D eigenvalue weighted by atomic mass is 10.3. The van der Waals surface area contributed by atoms with Crippen molar-refractivity contribution < 1.29 is 8.78 Å². The van der Waals surface area contributed by atoms with Crippen LogP contribution >= 0.6 is 0 Å². The molecule has 0 fully saturated rings. The van der Waals surface area contributed by atoms with E-state index in [4.69, 9.17) is 0 Å². The summed E-state index contributed by atoms with van der Waals surface area (Å²) in [4.78, 5) is 12.2. The van der Waals surface area contributed by atoms with E-state index in [1.807, 2.05) is 18.2 Å². The molecule has 0 atom stereocenters. The predicted octanol–water partition coefficient (Wildman–Crippen LogP) is 1.58. The number of guanidine groups is 1. The quantitative estimate of drug-likeness (QED) is 0.628. The molecule has 0 spiro atoms. The van der Waals surface area contributed by atoms with Crippen molar-refractivity contribution in [2.24, 2.45) is 4.99 Å². The Bertz CT molecular complexity index is 596. The van der Waals surface area contributed by atoms with E-state index in [0.29, 0.717) is 12.5 Å². The molecule has 118 valence electrons. The molecule has 0 aliphatic heterocycles. The van der Waals surface area contributed by atoms with E-state index in [9.17, 15) is 8.78 Å². The van der Waals surface area contributed by atoms with Crippen LogP contribution in [0, 0.1) is 0 Å². The average Bonchev–Trinajstić information content (AvgIpc) is 3.00. The molecule has 0 aliphatic rings. The molecular weight excluding hydrogens is 290 g/mol. The number of aliphatic imine (C=N–C) groups is 1. The number of halogens is 2. The number of nitrogens with one attached hydrogen (secondary N) is 2. The Morgan fingerprint density at radius 1 is 1.27 bits per heavy atom. The van der Waals surface area contributed by atoms with Crippen molar-refractivity contribution >= 4 is 5.96 Å². The highest BCUT2D eigenvalue weighted by molar-refractivity contribution is 5.79. The molecule has 2 N–H and O–H groups in total. The van der Waals surface area contributed by atoms with Crippen LogP contribution in [-0.4, -0.2) is 34.1 Å². The summed E-state index contributed by atoms with van der Waals surface area (Å²) in [5.74, 6) is 0.780. The minimum atomic E-state index is -2.60. The molecule has 0 unspecified atom stereocenters. The third-order valence-corrected chi connectivity index (χ3v) is 3.00. The van der Waals surface area contributed by atoms with Gasteiger partial charge in [-0.1, -0.05) is 6.07 Å². The number of pyridine rings is 1. The SMILES string of the molecule is CN=C(NCCc1ccccn1)NCc1nccn1C(F)F. The maximum Gasteiger partial charge on any atom is 0.319 e. The molecule has 22 heavy (non-hydrogen) atoms. The molecule has 0 bridgehead atoms. The highest BCUT2D eigenvalue weighted by Crippen LogP contribution is 2.11. The van der Waals surface area contributed by atoms with Crippen LogP contribution in [0.15, 0.2) is 41.8 Å². The summed E-state index contributed by atoms with van der Waals surface area (Å²) < 4.78 is 26.2. The molecule has 2 aromatic heterocycles. The Kier molecular flexibility index (Phi) is 5.81. The van der Waals surface area contributed by atoms with Crippen LogP contribution in [-0.2, 0) is 13.0 Å². The number of nitrogens with zero attached hydrogens (tertiary/aromatic N) is 4. The number of aromatic nitrogens is 3. The first-order valence-corrected chi connectivity index (χ1v) is 6.85. The topological polar surface area (TPSA) is 67.1 Å². The molecule has 0 aromatic carbocycles. The van der Waals surface area contributed by atoms with Crippen molar-refractivity contribution in [3.8, 4) is 0 Å². The number of hydrogen-bond donors (Lipinski definition) is 2. The van der Waals surface area contributed by atoms with E-state index >= 15 is 0 Å². The van der Waals surface area contributed by atoms with Crippen LogP contribution in [0.3, 0.4) is 0 Å². The fraction of sp³-hybridized carbons (Fsp3) is 0.357. The van der Waals surface area contributed by atoms with Gasteiger partial charge in [-0.05, 0) is 12.1 Å². The summed E-state index contributed by atoms with van der Waals surface area (Å²) in [6.07, 6.45) is 5.08. The fourth-order valence-corrected chi connectivity index (χ4v) is 1.90. The number of imidazole rings is 1. The van der Waals surface area contributed by atoms with Crippen molar-refractivity contribution in [2.45, 2.75) is 19.5 Å². The number of alkyl halides is 2. The molecule has 2 heterocycles. The minimum absolute atomic E-state index is 0.167. The summed E-state index contributed by atoms with van der Waals surface area (Å²) in [7, 11) is 1.62. The highest BCUT2D eigenvalue weighted by atomic mass is 19.3. The Labute approximate surface area is 127 Å². The summed E-state index contributed by atoms with van der Waals surface area (Å²) in [5, 5.41) is 6.06. The standard InChI is InChI=1S/C14H18F2N6/c1-17-14(20-7-5-11-4-2-3-6-18-11)21-10-12-19-8-9-22(12)13(15)16/h2-4,6,8-9,13H,5,7,10H2,1H3,(H2,17,20,21). The number of hydrogen-bond acceptors (Lipinski definition) is 3. The maximum atomic E-state index is 12.7. The second-order valence-corrected chi connectivity index (χ2v) is 4.45. The smallest absolute Gasteiger partial charge is 0.319 e. The van der Waals surface area contributed by atoms with Crippen LogP contribution < -0.4 is 10.6 Å². The van der Waals surface area contributed by atoms with E-state index in [1.165, 1.54) is 12.4 Å². The van der Waals surface area contributed by atoms with Crippen LogP contribution in [0.2, 0.25) is 0 Å². The van der Waals surface area contributed by atoms with Gasteiger partial charge in [-0.3, -0.25) is 14.5 Å². The molecule has 6 nitrogen and oxygen atoms in total. The second kappa shape index (κ2) is 8.06. The first kappa shape index (κ1) is 15.9. The van der Waals surface area contributed by atoms with E-state index in [-0.39, 0.29) is 12.4 Å². The van der Waals surface area contributed by atoms with Gasteiger partial charge in [0.15, 0.2) is 5.96 Å². The lowest BCUT2D eigenvalue weighted by Gasteiger charge is -2.12. The Balaban J connectivity index is 1.79. The van der Waals surface area contributed by atoms with E-state index < -0.39 is 6.55 Å². The predicted molar refractivity (Wildman–Crippen MR) is 79.6 cm³/mol. The summed E-state index contributed by atoms with van der Waals surface area (Å²) in [5.41, 5.74) is 0.971. The average molecular weight is 308 g/mol. The molecule has 8 heteroatoms. The van der Waals surface area contributed by atoms with E-state index in [2.05, 4.69) is 25.6 Å². The minimum Gasteiger partial charge on any atom is -0.356 e. The zero-order valence-electron chi connectivity index (χ0n) is 12.2. The molecular formula is C14H18F2N6. The summed E-state index contributed by atoms with van der Waals surface area (Å²) in [6.45, 7) is -1.79. The molecule has 2 rings (SSSR count). The van der Waals surface area contributed by atoms with Gasteiger partial charge in [-0.2, -0.15) is 8.78 Å². The second-order valence-electron chi connectivity index (χ2n) is 4.45. The zero-order valence-corrected chi connectivity index (χ0v) is 12.2. The molecule has 0 radical (unpaired) electrons. The van der Waals surface area contributed by atoms with Gasteiger partial charge in [-0.15, -0.1) is 0 Å². The van der Waals surface area contributed by atoms with Crippen molar-refractivity contribution in [2.75, 3.05) is 13.6 Å². The van der Waals surface area contributed by atoms with Gasteiger partial charge in [-0.25, -0.2) is 4.98 Å². The first-order chi connectivity index (χ1) is 10.7. The van der Waals surface area contributed by atoms with E-state index in [0.717, 1.165) is 16.7 Å². The van der Waals surface area contributed by atoms with Crippen molar-refractivity contribution in [3.63, 3.8) is 0 Å². The van der Waals surface area contributed by atoms with Crippen LogP contribution in [0.25, 0.3) is 0 Å². The van der Waals surface area contributed by atoms with Gasteiger partial charge in [0.2, 0.25) is 0 Å². The Morgan fingerprint density at radius 3 is 2.82 bits per heavy atom. The largest absolute Gasteiger partial charge is 0.356 e. The summed E-state index contributed by atoms with van der Waals surface area (Å²) in [6, 6.07) is 5.74. The van der Waals surface area contributed by atoms with E-state index in [1.54, 1.807) is 13.2 Å². The lowest BCUT2D eigenvalue weighted by molar-refractivity contribution is 0.0668. The molecule has 0 aliphatic carbocycles. The molecule has 0 saturated heterocycles. The van der Waals surface area contributed by atoms with Gasteiger partial charge < -0.3 is 10.6 Å². The van der Waals surface area contributed by atoms with Gasteiger partial charge in [0.1, 0.15) is 5.82 Å². The van der Waals surface area contributed by atoms with Crippen LogP contribution in [0.4, 0.5) is 8.78 Å². The van der Waals surface area contributed by atoms with Gasteiger partial charge in [0, 0.05) is 44.3 Å². The van der Waals surface area contributed by atoms with Crippen molar-refractivity contribution in [1.82, 2.24) is 25.2 Å². The van der Waals surface area contributed by atoms with Gasteiger partial charge >= 0.3 is 6.55 Å². The van der Waals surface area contributed by atoms with Crippen LogP contribution in [0.1, 0.15) is 18.1 Å². The Morgan fingerprint density at radius 2 is 2.14 bits per heavy atom. The molecule has 2 aromatic rings. The zero-order chi connectivity index (χ0) is 15.8.